The zero-order chi connectivity index (χ0) is 44.0. The van der Waals surface area contributed by atoms with Gasteiger partial charge in [-0.3, -0.25) is 0 Å². The molecule has 0 aromatic heterocycles. The molecule has 0 bridgehead atoms. The van der Waals surface area contributed by atoms with Crippen LogP contribution in [0.25, 0.3) is 22.3 Å². The van der Waals surface area contributed by atoms with Crippen molar-refractivity contribution in [3.05, 3.63) is 172 Å². The second-order valence-electron chi connectivity index (χ2n) is 22.2. The standard InChI is InChI=1S/C60H61BN2/c1-37-28-54-56-55(29-37)63(52-34-47-44(31-39(52)3)59(8,9)36-60(47,10)11)53-35-46-45(57(4,5)26-27-58(46,6)7)33-49(53)61(56)48-32-43(41-20-16-13-17-21-41)23-25-51(48)62(54)50-24-22-42(30-38(50)2)40-18-14-12-15-19-40/h12-25,28-35H,26-27,36H2,1-11H3. The van der Waals surface area contributed by atoms with Crippen LogP contribution in [-0.4, -0.2) is 6.71 Å². The fraction of sp³-hybridized carbons (Fsp3) is 0.300. The highest BCUT2D eigenvalue weighted by atomic mass is 15.2. The maximum atomic E-state index is 2.71. The fourth-order valence-electron chi connectivity index (χ4n) is 12.6. The number of aryl methyl sites for hydroxylation is 3. The first kappa shape index (κ1) is 40.0. The average Bonchev–Trinajstić information content (AvgIpc) is 3.43. The predicted octanol–water partition coefficient (Wildman–Crippen LogP) is 14.3. The molecule has 63 heavy (non-hydrogen) atoms. The molecular formula is C60H61BN2. The lowest BCUT2D eigenvalue weighted by molar-refractivity contribution is 0.332. The molecule has 2 aliphatic carbocycles. The summed E-state index contributed by atoms with van der Waals surface area (Å²) < 4.78 is 0. The van der Waals surface area contributed by atoms with Gasteiger partial charge in [0.2, 0.25) is 0 Å². The SMILES string of the molecule is Cc1cc2c3c(c1)N(c1cc4c(cc1C)C(C)(C)CC4(C)C)c1cc4c(cc1B3c1cc(-c3ccccc3)ccc1N2c1ccc(-c2ccccc2)cc1C)C(C)(C)CCC4(C)C. The molecular weight excluding hydrogens is 759 g/mol. The van der Waals surface area contributed by atoms with E-state index in [9.17, 15) is 0 Å². The van der Waals surface area contributed by atoms with Gasteiger partial charge < -0.3 is 9.80 Å². The molecule has 0 unspecified atom stereocenters. The first-order valence-corrected chi connectivity index (χ1v) is 23.4. The summed E-state index contributed by atoms with van der Waals surface area (Å²) in [7, 11) is 0. The fourth-order valence-corrected chi connectivity index (χ4v) is 12.6. The summed E-state index contributed by atoms with van der Waals surface area (Å²) in [5, 5.41) is 0. The third kappa shape index (κ3) is 6.05. The van der Waals surface area contributed by atoms with Crippen LogP contribution in [0.5, 0.6) is 0 Å². The molecule has 7 aromatic carbocycles. The summed E-state index contributed by atoms with van der Waals surface area (Å²) in [6.07, 6.45) is 3.50. The molecule has 0 saturated carbocycles. The van der Waals surface area contributed by atoms with Gasteiger partial charge in [0.05, 0.1) is 0 Å². The Morgan fingerprint density at radius 2 is 0.841 bits per heavy atom. The number of benzene rings is 7. The largest absolute Gasteiger partial charge is 0.311 e. The lowest BCUT2D eigenvalue weighted by Gasteiger charge is -2.48. The number of rotatable bonds is 4. The quantitative estimate of drug-likeness (QED) is 0.163. The van der Waals surface area contributed by atoms with Gasteiger partial charge in [0.1, 0.15) is 0 Å². The monoisotopic (exact) mass is 820 g/mol. The molecule has 3 heteroatoms. The molecule has 2 heterocycles. The minimum Gasteiger partial charge on any atom is -0.311 e. The van der Waals surface area contributed by atoms with Crippen molar-refractivity contribution < 1.29 is 0 Å². The van der Waals surface area contributed by atoms with E-state index in [-0.39, 0.29) is 28.4 Å². The third-order valence-corrected chi connectivity index (χ3v) is 15.8. The molecule has 7 aromatic rings. The zero-order valence-electron chi connectivity index (χ0n) is 39.3. The van der Waals surface area contributed by atoms with Crippen molar-refractivity contribution in [1.29, 1.82) is 0 Å². The van der Waals surface area contributed by atoms with Gasteiger partial charge in [-0.15, -0.1) is 0 Å². The van der Waals surface area contributed by atoms with E-state index >= 15 is 0 Å². The summed E-state index contributed by atoms with van der Waals surface area (Å²) in [6, 6.07) is 51.6. The lowest BCUT2D eigenvalue weighted by atomic mass is 9.33. The van der Waals surface area contributed by atoms with E-state index in [1.54, 1.807) is 0 Å². The van der Waals surface area contributed by atoms with Crippen molar-refractivity contribution in [3.63, 3.8) is 0 Å². The summed E-state index contributed by atoms with van der Waals surface area (Å²) in [4.78, 5) is 5.31. The van der Waals surface area contributed by atoms with Gasteiger partial charge in [-0.25, -0.2) is 0 Å². The van der Waals surface area contributed by atoms with Gasteiger partial charge in [0.25, 0.3) is 6.71 Å². The summed E-state index contributed by atoms with van der Waals surface area (Å²) in [5.41, 5.74) is 27.0. The minimum atomic E-state index is 0.0388. The van der Waals surface area contributed by atoms with Gasteiger partial charge >= 0.3 is 0 Å². The lowest BCUT2D eigenvalue weighted by Crippen LogP contribution is -2.62. The Bertz CT molecular complexity index is 3020. The van der Waals surface area contributed by atoms with Gasteiger partial charge in [-0.2, -0.15) is 0 Å². The van der Waals surface area contributed by atoms with Crippen LogP contribution in [-0.2, 0) is 21.7 Å². The Balaban J connectivity index is 1.24. The Labute approximate surface area is 377 Å². The smallest absolute Gasteiger partial charge is 0.252 e. The van der Waals surface area contributed by atoms with E-state index in [1.807, 2.05) is 0 Å². The highest BCUT2D eigenvalue weighted by molar-refractivity contribution is 7.00. The molecule has 314 valence electrons. The van der Waals surface area contributed by atoms with E-state index in [4.69, 9.17) is 0 Å². The molecule has 0 N–H and O–H groups in total. The van der Waals surface area contributed by atoms with Crippen molar-refractivity contribution >= 4 is 57.2 Å². The predicted molar refractivity (Wildman–Crippen MR) is 272 cm³/mol. The van der Waals surface area contributed by atoms with Crippen LogP contribution in [0.4, 0.5) is 34.1 Å². The maximum Gasteiger partial charge on any atom is 0.252 e. The molecule has 0 amide bonds. The van der Waals surface area contributed by atoms with Crippen LogP contribution in [0.3, 0.4) is 0 Å². The van der Waals surface area contributed by atoms with Crippen LogP contribution in [0.2, 0.25) is 0 Å². The highest BCUT2D eigenvalue weighted by Crippen LogP contribution is 2.55. The Kier molecular flexibility index (Phi) is 8.64. The molecule has 2 aliphatic heterocycles. The Hall–Kier alpha value is -5.80. The van der Waals surface area contributed by atoms with Crippen molar-refractivity contribution in [2.24, 2.45) is 0 Å². The molecule has 0 radical (unpaired) electrons. The van der Waals surface area contributed by atoms with Crippen molar-refractivity contribution in [2.45, 2.75) is 117 Å². The number of nitrogens with zero attached hydrogens (tertiary/aromatic N) is 2. The highest BCUT2D eigenvalue weighted by Gasteiger charge is 2.48. The molecule has 0 fully saturated rings. The first-order chi connectivity index (χ1) is 29.9. The van der Waals surface area contributed by atoms with Gasteiger partial charge in [0, 0.05) is 34.1 Å². The van der Waals surface area contributed by atoms with Crippen LogP contribution >= 0.6 is 0 Å². The van der Waals surface area contributed by atoms with E-state index in [0.29, 0.717) is 0 Å². The number of hydrogen-bond acceptors (Lipinski definition) is 2. The number of hydrogen-bond donors (Lipinski definition) is 0. The van der Waals surface area contributed by atoms with Crippen molar-refractivity contribution in [3.8, 4) is 22.3 Å². The average molecular weight is 821 g/mol. The summed E-state index contributed by atoms with van der Waals surface area (Å²) >= 11 is 0. The zero-order valence-corrected chi connectivity index (χ0v) is 39.3. The van der Waals surface area contributed by atoms with Crippen molar-refractivity contribution in [1.82, 2.24) is 0 Å². The summed E-state index contributed by atoms with van der Waals surface area (Å²) in [5.74, 6) is 0. The molecule has 11 rings (SSSR count). The van der Waals surface area contributed by atoms with Crippen LogP contribution < -0.4 is 26.2 Å². The molecule has 2 nitrogen and oxygen atoms in total. The van der Waals surface area contributed by atoms with Gasteiger partial charge in [-0.1, -0.05) is 146 Å². The van der Waals surface area contributed by atoms with Crippen LogP contribution in [0.1, 0.15) is 114 Å². The van der Waals surface area contributed by atoms with E-state index in [1.165, 1.54) is 125 Å². The Morgan fingerprint density at radius 3 is 1.43 bits per heavy atom. The van der Waals surface area contributed by atoms with Crippen LogP contribution in [0.15, 0.2) is 133 Å². The first-order valence-electron chi connectivity index (χ1n) is 23.4. The second-order valence-corrected chi connectivity index (χ2v) is 22.2. The topological polar surface area (TPSA) is 6.48 Å². The normalized spacial score (nSPS) is 18.0. The number of fused-ring (bicyclic) bond motifs is 6. The molecule has 0 atom stereocenters. The minimum absolute atomic E-state index is 0.0388. The van der Waals surface area contributed by atoms with E-state index in [2.05, 4.69) is 219 Å². The van der Waals surface area contributed by atoms with Gasteiger partial charge in [-0.05, 0) is 182 Å². The van der Waals surface area contributed by atoms with E-state index in [0.717, 1.165) is 6.42 Å². The molecule has 0 spiro atoms. The third-order valence-electron chi connectivity index (χ3n) is 15.8. The van der Waals surface area contributed by atoms with E-state index < -0.39 is 0 Å². The Morgan fingerprint density at radius 1 is 0.381 bits per heavy atom. The van der Waals surface area contributed by atoms with Gasteiger partial charge in [0.15, 0.2) is 0 Å². The number of anilines is 6. The van der Waals surface area contributed by atoms with Crippen molar-refractivity contribution in [2.75, 3.05) is 9.80 Å². The second kappa shape index (κ2) is 13.6. The van der Waals surface area contributed by atoms with Crippen LogP contribution in [0, 0.1) is 20.8 Å². The molecule has 0 saturated heterocycles. The maximum absolute atomic E-state index is 2.71. The summed E-state index contributed by atoms with van der Waals surface area (Å²) in [6.45, 7) is 26.7. The molecule has 4 aliphatic rings.